The maximum atomic E-state index is 12.9. The lowest BCUT2D eigenvalue weighted by Crippen LogP contribution is -2.30. The molecular weight excluding hydrogens is 997 g/mol. The monoisotopic (exact) mass is 1120 g/mol. The van der Waals surface area contributed by atoms with Crippen LogP contribution in [0.3, 0.4) is 0 Å². The molecule has 0 saturated heterocycles. The lowest BCUT2D eigenvalue weighted by atomic mass is 10.0. The minimum Gasteiger partial charge on any atom is -0.462 e. The van der Waals surface area contributed by atoms with Gasteiger partial charge in [0.25, 0.3) is 0 Å². The molecule has 0 aliphatic rings. The predicted molar refractivity (Wildman–Crippen MR) is 352 cm³/mol. The first-order valence-electron chi connectivity index (χ1n) is 33.0. The van der Waals surface area contributed by atoms with Crippen molar-refractivity contribution in [3.63, 3.8) is 0 Å². The molecule has 6 heteroatoms. The smallest absolute Gasteiger partial charge is 0.306 e. The summed E-state index contributed by atoms with van der Waals surface area (Å²) in [5.41, 5.74) is 0. The van der Waals surface area contributed by atoms with Gasteiger partial charge in [-0.15, -0.1) is 0 Å². The summed E-state index contributed by atoms with van der Waals surface area (Å²) in [5.74, 6) is -1.01. The van der Waals surface area contributed by atoms with Gasteiger partial charge in [0.2, 0.25) is 0 Å². The van der Waals surface area contributed by atoms with Crippen molar-refractivity contribution in [1.82, 2.24) is 0 Å². The number of esters is 3. The standard InChI is InChI=1S/C75H120O6/c1-4-7-10-13-16-19-22-25-28-30-32-34-35-36-37-38-39-41-42-44-47-50-53-56-59-62-65-68-74(77)80-71-72(70-79-73(76)67-64-61-58-55-52-49-46-27-24-21-18-15-12-9-6-3)81-75(78)69-66-63-60-57-54-51-48-45-43-40-33-31-29-26-23-20-17-14-11-8-5-2/h8-9,11-12,17-18,20-22,25-27,29-30,32-33,35-36,40,45-46,48,52,54-55,57,72H,4-7,10,13-16,19,23-24,28,31,34,37-39,41-44,47,49-51,53,56,58-71H2,1-3H3/b11-8-,12-9-,20-17-,21-18-,25-22-,29-26-,32-30-,36-35-,40-33-,46-27-,48-45-,55-52-,57-54-. The normalized spacial score (nSPS) is 13.2. The molecule has 0 bridgehead atoms. The molecule has 81 heavy (non-hydrogen) atoms. The Balaban J connectivity index is 4.46. The molecule has 1 atom stereocenters. The number of unbranched alkanes of at least 4 members (excludes halogenated alkanes) is 21. The highest BCUT2D eigenvalue weighted by molar-refractivity contribution is 5.71. The maximum Gasteiger partial charge on any atom is 0.306 e. The topological polar surface area (TPSA) is 78.9 Å². The number of rotatable bonds is 58. The van der Waals surface area contributed by atoms with Crippen LogP contribution in [0.4, 0.5) is 0 Å². The first-order valence-corrected chi connectivity index (χ1v) is 33.0. The third kappa shape index (κ3) is 65.7. The number of ether oxygens (including phenoxy) is 3. The fraction of sp³-hybridized carbons (Fsp3) is 0.613. The summed E-state index contributed by atoms with van der Waals surface area (Å²) in [7, 11) is 0. The molecule has 0 aromatic rings. The van der Waals surface area contributed by atoms with Gasteiger partial charge in [0.05, 0.1) is 0 Å². The molecule has 0 aliphatic heterocycles. The number of allylic oxidation sites excluding steroid dienone is 26. The third-order valence-electron chi connectivity index (χ3n) is 13.5. The van der Waals surface area contributed by atoms with Crippen LogP contribution in [0.15, 0.2) is 158 Å². The zero-order valence-electron chi connectivity index (χ0n) is 52.2. The fourth-order valence-corrected chi connectivity index (χ4v) is 8.62. The first-order chi connectivity index (χ1) is 40.0. The van der Waals surface area contributed by atoms with Gasteiger partial charge < -0.3 is 14.2 Å². The molecule has 0 heterocycles. The Morgan fingerprint density at radius 3 is 0.778 bits per heavy atom. The van der Waals surface area contributed by atoms with Crippen LogP contribution >= 0.6 is 0 Å². The summed E-state index contributed by atoms with van der Waals surface area (Å²) < 4.78 is 16.9. The second kappa shape index (κ2) is 67.5. The van der Waals surface area contributed by atoms with E-state index in [4.69, 9.17) is 14.2 Å². The Kier molecular flexibility index (Phi) is 63.4. The maximum absolute atomic E-state index is 12.9. The van der Waals surface area contributed by atoms with Gasteiger partial charge in [-0.25, -0.2) is 0 Å². The Hall–Kier alpha value is -4.97. The van der Waals surface area contributed by atoms with Crippen molar-refractivity contribution in [3.05, 3.63) is 158 Å². The molecule has 0 saturated carbocycles. The lowest BCUT2D eigenvalue weighted by Gasteiger charge is -2.18. The van der Waals surface area contributed by atoms with E-state index in [9.17, 15) is 14.4 Å². The molecule has 456 valence electrons. The number of carbonyl (C=O) groups is 3. The van der Waals surface area contributed by atoms with Gasteiger partial charge in [-0.1, -0.05) is 269 Å². The van der Waals surface area contributed by atoms with E-state index >= 15 is 0 Å². The minimum atomic E-state index is -0.828. The van der Waals surface area contributed by atoms with E-state index in [-0.39, 0.29) is 44.0 Å². The summed E-state index contributed by atoms with van der Waals surface area (Å²) in [4.78, 5) is 38.3. The first kappa shape index (κ1) is 76.0. The quantitative estimate of drug-likeness (QED) is 0.0261. The molecule has 0 aliphatic carbocycles. The number of hydrogen-bond donors (Lipinski definition) is 0. The zero-order chi connectivity index (χ0) is 58.5. The molecule has 0 rings (SSSR count). The zero-order valence-corrected chi connectivity index (χ0v) is 52.2. The fourth-order valence-electron chi connectivity index (χ4n) is 8.62. The molecule has 0 aromatic carbocycles. The summed E-state index contributed by atoms with van der Waals surface area (Å²) in [6, 6.07) is 0. The van der Waals surface area contributed by atoms with Crippen LogP contribution in [0.1, 0.15) is 278 Å². The number of hydrogen-bond acceptors (Lipinski definition) is 6. The summed E-state index contributed by atoms with van der Waals surface area (Å²) in [6.45, 7) is 6.33. The van der Waals surface area contributed by atoms with Crippen LogP contribution in [0, 0.1) is 0 Å². The second-order valence-electron chi connectivity index (χ2n) is 21.3. The van der Waals surface area contributed by atoms with E-state index in [1.54, 1.807) is 0 Å². The van der Waals surface area contributed by atoms with Crippen LogP contribution < -0.4 is 0 Å². The van der Waals surface area contributed by atoms with Crippen LogP contribution in [-0.2, 0) is 28.6 Å². The van der Waals surface area contributed by atoms with E-state index in [0.717, 1.165) is 122 Å². The average Bonchev–Trinajstić information content (AvgIpc) is 3.47. The van der Waals surface area contributed by atoms with Gasteiger partial charge in [-0.3, -0.25) is 14.4 Å². The highest BCUT2D eigenvalue weighted by atomic mass is 16.6. The summed E-state index contributed by atoms with van der Waals surface area (Å²) in [6.07, 6.45) is 98.3. The van der Waals surface area contributed by atoms with Gasteiger partial charge in [0, 0.05) is 19.3 Å². The minimum absolute atomic E-state index is 0.116. The van der Waals surface area contributed by atoms with Crippen molar-refractivity contribution in [2.24, 2.45) is 0 Å². The SMILES string of the molecule is CC/C=C\C/C=C\C/C=C\C/C=C\C/C=C\C/C=C\CCCCC(=O)OC(COC(=O)CCCC/C=C\C/C=C\C/C=C\C/C=C\CC)COC(=O)CCCCCCCCCCCCCC/C=C\C/C=C\C/C=C\CCCCCCC. The van der Waals surface area contributed by atoms with Gasteiger partial charge >= 0.3 is 17.9 Å². The molecule has 6 nitrogen and oxygen atoms in total. The van der Waals surface area contributed by atoms with Crippen molar-refractivity contribution < 1.29 is 28.6 Å². The number of carbonyl (C=O) groups excluding carboxylic acids is 3. The van der Waals surface area contributed by atoms with Gasteiger partial charge in [-0.2, -0.15) is 0 Å². The van der Waals surface area contributed by atoms with Gasteiger partial charge in [0.1, 0.15) is 13.2 Å². The van der Waals surface area contributed by atoms with Crippen molar-refractivity contribution in [2.75, 3.05) is 13.2 Å². The predicted octanol–water partition coefficient (Wildman–Crippen LogP) is 22.9. The molecular formula is C75H120O6. The molecule has 0 spiro atoms. The summed E-state index contributed by atoms with van der Waals surface area (Å²) in [5, 5.41) is 0. The van der Waals surface area contributed by atoms with E-state index in [1.165, 1.54) is 103 Å². The summed E-state index contributed by atoms with van der Waals surface area (Å²) >= 11 is 0. The highest BCUT2D eigenvalue weighted by Gasteiger charge is 2.19. The van der Waals surface area contributed by atoms with Crippen LogP contribution in [-0.4, -0.2) is 37.2 Å². The molecule has 0 N–H and O–H groups in total. The van der Waals surface area contributed by atoms with Gasteiger partial charge in [0.15, 0.2) is 6.10 Å². The van der Waals surface area contributed by atoms with Gasteiger partial charge in [-0.05, 0) is 148 Å². The molecule has 1 unspecified atom stereocenters. The Morgan fingerprint density at radius 1 is 0.259 bits per heavy atom. The van der Waals surface area contributed by atoms with Crippen molar-refractivity contribution in [3.8, 4) is 0 Å². The van der Waals surface area contributed by atoms with Crippen molar-refractivity contribution in [2.45, 2.75) is 284 Å². The molecule has 0 fully saturated rings. The molecule has 0 aromatic heterocycles. The lowest BCUT2D eigenvalue weighted by molar-refractivity contribution is -0.167. The van der Waals surface area contributed by atoms with Crippen molar-refractivity contribution in [1.29, 1.82) is 0 Å². The highest BCUT2D eigenvalue weighted by Crippen LogP contribution is 2.15. The van der Waals surface area contributed by atoms with E-state index < -0.39 is 6.10 Å². The average molecular weight is 1120 g/mol. The van der Waals surface area contributed by atoms with Crippen LogP contribution in [0.25, 0.3) is 0 Å². The Morgan fingerprint density at radius 2 is 0.481 bits per heavy atom. The third-order valence-corrected chi connectivity index (χ3v) is 13.5. The molecule has 0 amide bonds. The molecule has 0 radical (unpaired) electrons. The second-order valence-corrected chi connectivity index (χ2v) is 21.3. The van der Waals surface area contributed by atoms with E-state index in [1.807, 2.05) is 0 Å². The largest absolute Gasteiger partial charge is 0.462 e. The van der Waals surface area contributed by atoms with E-state index in [0.29, 0.717) is 19.3 Å². The van der Waals surface area contributed by atoms with Crippen LogP contribution in [0.5, 0.6) is 0 Å². The Bertz CT molecular complexity index is 1810. The van der Waals surface area contributed by atoms with Crippen molar-refractivity contribution >= 4 is 17.9 Å². The van der Waals surface area contributed by atoms with Crippen LogP contribution in [0.2, 0.25) is 0 Å². The van der Waals surface area contributed by atoms with E-state index in [2.05, 4.69) is 179 Å². The Labute approximate surface area is 499 Å².